The van der Waals surface area contributed by atoms with E-state index in [0.29, 0.717) is 18.2 Å². The average Bonchev–Trinajstić information content (AvgIpc) is 2.47. The van der Waals surface area contributed by atoms with E-state index in [9.17, 15) is 9.90 Å². The molecule has 7 nitrogen and oxygen atoms in total. The van der Waals surface area contributed by atoms with E-state index in [2.05, 4.69) is 20.3 Å². The highest BCUT2D eigenvalue weighted by atomic mass is 16.3. The second-order valence-electron chi connectivity index (χ2n) is 5.05. The predicted molar refractivity (Wildman–Crippen MR) is 79.8 cm³/mol. The molecule has 0 radical (unpaired) electrons. The molecule has 1 aliphatic rings. The molecule has 0 saturated carbocycles. The minimum absolute atomic E-state index is 0.185. The lowest BCUT2D eigenvalue weighted by Crippen LogP contribution is -2.38. The van der Waals surface area contributed by atoms with Gasteiger partial charge in [0.1, 0.15) is 5.82 Å². The van der Waals surface area contributed by atoms with Gasteiger partial charge in [0.25, 0.3) is 0 Å². The second-order valence-corrected chi connectivity index (χ2v) is 5.05. The number of aliphatic hydroxyl groups excluding tert-OH is 1. The molecule has 0 aromatic carbocycles. The number of nitrogens with one attached hydrogen (secondary N) is 2. The summed E-state index contributed by atoms with van der Waals surface area (Å²) in [5.74, 6) is 1.20. The third-order valence-corrected chi connectivity index (χ3v) is 3.39. The molecule has 3 heterocycles. The number of β-amino-alcohol motifs (C(OH)–C–C–N with tert-alkyl or cyclic N) is 1. The monoisotopic (exact) mass is 287 g/mol. The van der Waals surface area contributed by atoms with E-state index in [1.165, 1.54) is 6.07 Å². The van der Waals surface area contributed by atoms with Crippen molar-refractivity contribution < 1.29 is 5.11 Å². The number of anilines is 3. The maximum Gasteiger partial charge on any atom is 0.249 e. The van der Waals surface area contributed by atoms with Crippen LogP contribution in [0, 0.1) is 0 Å². The zero-order chi connectivity index (χ0) is 14.7. The van der Waals surface area contributed by atoms with E-state index in [1.54, 1.807) is 18.5 Å². The van der Waals surface area contributed by atoms with Gasteiger partial charge < -0.3 is 20.3 Å². The molecule has 1 unspecified atom stereocenters. The first-order valence-corrected chi connectivity index (χ1v) is 6.92. The first-order chi connectivity index (χ1) is 10.2. The maximum absolute atomic E-state index is 11.3. The van der Waals surface area contributed by atoms with Crippen LogP contribution in [-0.2, 0) is 0 Å². The van der Waals surface area contributed by atoms with E-state index < -0.39 is 0 Å². The number of aromatic amines is 1. The molecule has 0 bridgehead atoms. The Hall–Kier alpha value is -2.41. The fraction of sp³-hybridized carbons (Fsp3) is 0.357. The number of hydrogen-bond donors (Lipinski definition) is 3. The average molecular weight is 287 g/mol. The molecule has 1 fully saturated rings. The van der Waals surface area contributed by atoms with E-state index in [0.717, 1.165) is 25.2 Å². The Morgan fingerprint density at radius 1 is 1.43 bits per heavy atom. The fourth-order valence-corrected chi connectivity index (χ4v) is 2.40. The summed E-state index contributed by atoms with van der Waals surface area (Å²) >= 11 is 0. The van der Waals surface area contributed by atoms with E-state index >= 15 is 0 Å². The summed E-state index contributed by atoms with van der Waals surface area (Å²) in [6.07, 6.45) is 4.70. The summed E-state index contributed by atoms with van der Waals surface area (Å²) in [5, 5.41) is 12.7. The smallest absolute Gasteiger partial charge is 0.249 e. The summed E-state index contributed by atoms with van der Waals surface area (Å²) in [6.45, 7) is 1.46. The molecule has 3 N–H and O–H groups in total. The molecule has 7 heteroatoms. The molecule has 0 spiro atoms. The van der Waals surface area contributed by atoms with Crippen LogP contribution in [0.2, 0.25) is 0 Å². The van der Waals surface area contributed by atoms with E-state index in [4.69, 9.17) is 0 Å². The zero-order valence-corrected chi connectivity index (χ0v) is 11.5. The Balaban J connectivity index is 1.78. The van der Waals surface area contributed by atoms with Crippen LogP contribution in [0.3, 0.4) is 0 Å². The number of H-pyrrole nitrogens is 1. The fourth-order valence-electron chi connectivity index (χ4n) is 2.40. The largest absolute Gasteiger partial charge is 0.391 e. The number of aromatic nitrogens is 3. The topological polar surface area (TPSA) is 94.1 Å². The van der Waals surface area contributed by atoms with Gasteiger partial charge in [-0.25, -0.2) is 4.98 Å². The Morgan fingerprint density at radius 3 is 3.14 bits per heavy atom. The van der Waals surface area contributed by atoms with Crippen LogP contribution in [0.5, 0.6) is 0 Å². The van der Waals surface area contributed by atoms with Crippen molar-refractivity contribution in [3.63, 3.8) is 0 Å². The molecule has 1 saturated heterocycles. The molecule has 1 aliphatic heterocycles. The van der Waals surface area contributed by atoms with E-state index in [1.807, 2.05) is 11.0 Å². The molecule has 3 rings (SSSR count). The number of rotatable bonds is 3. The molecule has 1 atom stereocenters. The molecule has 21 heavy (non-hydrogen) atoms. The summed E-state index contributed by atoms with van der Waals surface area (Å²) < 4.78 is 0. The molecule has 2 aromatic heterocycles. The Kier molecular flexibility index (Phi) is 3.83. The zero-order valence-electron chi connectivity index (χ0n) is 11.5. The highest BCUT2D eigenvalue weighted by molar-refractivity contribution is 5.54. The van der Waals surface area contributed by atoms with Crippen molar-refractivity contribution in [1.29, 1.82) is 0 Å². The number of pyridine rings is 1. The van der Waals surface area contributed by atoms with Gasteiger partial charge >= 0.3 is 0 Å². The van der Waals surface area contributed by atoms with Gasteiger partial charge in [-0.15, -0.1) is 0 Å². The minimum atomic E-state index is -0.308. The summed E-state index contributed by atoms with van der Waals surface area (Å²) in [4.78, 5) is 24.4. The van der Waals surface area contributed by atoms with Crippen LogP contribution in [0.25, 0.3) is 0 Å². The lowest BCUT2D eigenvalue weighted by Gasteiger charge is -2.31. The molecular formula is C14H17N5O2. The van der Waals surface area contributed by atoms with Crippen molar-refractivity contribution in [3.05, 3.63) is 40.9 Å². The van der Waals surface area contributed by atoms with Crippen molar-refractivity contribution in [1.82, 2.24) is 15.0 Å². The lowest BCUT2D eigenvalue weighted by atomic mass is 10.1. The molecule has 0 aliphatic carbocycles. The number of piperidine rings is 1. The Morgan fingerprint density at radius 2 is 2.33 bits per heavy atom. The molecule has 2 aromatic rings. The van der Waals surface area contributed by atoms with Crippen LogP contribution in [0.15, 0.2) is 35.4 Å². The molecule has 0 amide bonds. The third kappa shape index (κ3) is 3.38. The van der Waals surface area contributed by atoms with Crippen LogP contribution in [-0.4, -0.2) is 39.3 Å². The van der Waals surface area contributed by atoms with Crippen molar-refractivity contribution in [2.75, 3.05) is 23.3 Å². The van der Waals surface area contributed by atoms with E-state index in [-0.39, 0.29) is 11.7 Å². The van der Waals surface area contributed by atoms with Gasteiger partial charge in [0.05, 0.1) is 6.10 Å². The Labute approximate surface area is 121 Å². The summed E-state index contributed by atoms with van der Waals surface area (Å²) in [7, 11) is 0. The normalized spacial score (nSPS) is 18.5. The Bertz CT molecular complexity index is 672. The van der Waals surface area contributed by atoms with Crippen molar-refractivity contribution in [2.24, 2.45) is 0 Å². The predicted octanol–water partition coefficient (Wildman–Crippen LogP) is 0.870. The van der Waals surface area contributed by atoms with Gasteiger partial charge in [0, 0.05) is 37.2 Å². The minimum Gasteiger partial charge on any atom is -0.391 e. The first kappa shape index (κ1) is 13.6. The number of hydrogen-bond acceptors (Lipinski definition) is 6. The highest BCUT2D eigenvalue weighted by Gasteiger charge is 2.19. The van der Waals surface area contributed by atoms with Crippen LogP contribution < -0.4 is 15.8 Å². The number of nitrogens with zero attached hydrogens (tertiary/aromatic N) is 3. The van der Waals surface area contributed by atoms with Gasteiger partial charge in [-0.1, -0.05) is 0 Å². The number of aliphatic hydroxyl groups is 1. The van der Waals surface area contributed by atoms with Crippen LogP contribution >= 0.6 is 0 Å². The van der Waals surface area contributed by atoms with Gasteiger partial charge in [0.2, 0.25) is 11.5 Å². The van der Waals surface area contributed by atoms with Crippen LogP contribution in [0.1, 0.15) is 12.8 Å². The van der Waals surface area contributed by atoms with Gasteiger partial charge in [0.15, 0.2) is 0 Å². The van der Waals surface area contributed by atoms with Crippen molar-refractivity contribution in [3.8, 4) is 0 Å². The SMILES string of the molecule is O=c1cc(Nc2nccc(N3CCCC(O)C3)n2)cc[nH]1. The quantitative estimate of drug-likeness (QED) is 0.775. The van der Waals surface area contributed by atoms with Crippen LogP contribution in [0.4, 0.5) is 17.5 Å². The van der Waals surface area contributed by atoms with Gasteiger partial charge in [-0.05, 0) is 25.0 Å². The first-order valence-electron chi connectivity index (χ1n) is 6.92. The van der Waals surface area contributed by atoms with Gasteiger partial charge in [-0.2, -0.15) is 4.98 Å². The van der Waals surface area contributed by atoms with Crippen molar-refractivity contribution >= 4 is 17.5 Å². The molecular weight excluding hydrogens is 270 g/mol. The standard InChI is InChI=1S/C14H17N5O2/c20-11-2-1-7-19(9-11)12-4-6-16-14(18-12)17-10-3-5-15-13(21)8-10/h3-6,8,11,20H,1-2,7,9H2,(H2,15,16,17,18,21). The summed E-state index contributed by atoms with van der Waals surface area (Å²) in [5.41, 5.74) is 0.449. The lowest BCUT2D eigenvalue weighted by molar-refractivity contribution is 0.154. The second kappa shape index (κ2) is 5.92. The van der Waals surface area contributed by atoms with Crippen molar-refractivity contribution in [2.45, 2.75) is 18.9 Å². The molecule has 110 valence electrons. The maximum atomic E-state index is 11.3. The third-order valence-electron chi connectivity index (χ3n) is 3.39. The highest BCUT2D eigenvalue weighted by Crippen LogP contribution is 2.19. The summed E-state index contributed by atoms with van der Waals surface area (Å²) in [6, 6.07) is 5.00. The van der Waals surface area contributed by atoms with Gasteiger partial charge in [-0.3, -0.25) is 4.79 Å².